The largest absolute Gasteiger partial charge is 0.375 e. The van der Waals surface area contributed by atoms with E-state index in [0.717, 1.165) is 11.3 Å². The maximum Gasteiger partial charge on any atom is 0.239 e. The van der Waals surface area contributed by atoms with E-state index in [1.54, 1.807) is 6.07 Å². The molecule has 1 aromatic carbocycles. The van der Waals surface area contributed by atoms with E-state index < -0.39 is 0 Å². The predicted molar refractivity (Wildman–Crippen MR) is 68.0 cm³/mol. The number of halogens is 1. The topological polar surface area (TPSA) is 41.1 Å². The summed E-state index contributed by atoms with van der Waals surface area (Å²) in [5.74, 6) is -0.0330. The van der Waals surface area contributed by atoms with Crippen molar-refractivity contribution in [3.63, 3.8) is 0 Å². The fourth-order valence-corrected chi connectivity index (χ4v) is 1.69. The molecule has 0 unspecified atom stereocenters. The van der Waals surface area contributed by atoms with Crippen LogP contribution in [0, 0.1) is 6.92 Å². The number of hydrogen-bond donors (Lipinski definition) is 2. The van der Waals surface area contributed by atoms with Gasteiger partial charge in [0.15, 0.2) is 0 Å². The monoisotopic (exact) mass is 240 g/mol. The lowest BCUT2D eigenvalue weighted by atomic mass is 10.2. The highest BCUT2D eigenvalue weighted by molar-refractivity contribution is 6.33. The fourth-order valence-electron chi connectivity index (χ4n) is 1.40. The molecule has 3 nitrogen and oxygen atoms in total. The zero-order valence-electron chi connectivity index (χ0n) is 9.80. The van der Waals surface area contributed by atoms with E-state index in [9.17, 15) is 4.79 Å². The van der Waals surface area contributed by atoms with E-state index in [1.165, 1.54) is 0 Å². The van der Waals surface area contributed by atoms with E-state index in [1.807, 2.05) is 32.9 Å². The molecule has 0 fully saturated rings. The van der Waals surface area contributed by atoms with Crippen molar-refractivity contribution < 1.29 is 4.79 Å². The number of rotatable bonds is 4. The van der Waals surface area contributed by atoms with E-state index in [2.05, 4.69) is 10.6 Å². The Hall–Kier alpha value is -1.22. The number of amides is 1. The first-order valence-electron chi connectivity index (χ1n) is 5.29. The van der Waals surface area contributed by atoms with E-state index >= 15 is 0 Å². The van der Waals surface area contributed by atoms with E-state index in [0.29, 0.717) is 5.02 Å². The minimum atomic E-state index is -0.0330. The highest BCUT2D eigenvalue weighted by Gasteiger charge is 2.06. The third-order valence-corrected chi connectivity index (χ3v) is 2.41. The van der Waals surface area contributed by atoms with Crippen molar-refractivity contribution >= 4 is 23.2 Å². The second-order valence-corrected chi connectivity index (χ2v) is 4.41. The summed E-state index contributed by atoms with van der Waals surface area (Å²) in [4.78, 5) is 11.4. The van der Waals surface area contributed by atoms with Crippen molar-refractivity contribution in [2.75, 3.05) is 11.9 Å². The maximum atomic E-state index is 11.4. The van der Waals surface area contributed by atoms with Crippen LogP contribution in [0.4, 0.5) is 5.69 Å². The Bertz CT molecular complexity index is 357. The van der Waals surface area contributed by atoms with Gasteiger partial charge in [0, 0.05) is 6.04 Å². The molecule has 1 aromatic rings. The molecule has 0 saturated heterocycles. The van der Waals surface area contributed by atoms with Gasteiger partial charge in [0.2, 0.25) is 5.91 Å². The molecule has 4 heteroatoms. The van der Waals surface area contributed by atoms with Gasteiger partial charge in [0.25, 0.3) is 0 Å². The third kappa shape index (κ3) is 3.74. The molecular weight excluding hydrogens is 224 g/mol. The quantitative estimate of drug-likeness (QED) is 0.850. The molecule has 0 radical (unpaired) electrons. The molecule has 0 aliphatic carbocycles. The minimum Gasteiger partial charge on any atom is -0.375 e. The summed E-state index contributed by atoms with van der Waals surface area (Å²) in [6.07, 6.45) is 0. The Labute approximate surface area is 101 Å². The SMILES string of the molecule is Cc1cccc(Cl)c1NCC(=O)NC(C)C. The fraction of sp³-hybridized carbons (Fsp3) is 0.417. The average Bonchev–Trinajstić information content (AvgIpc) is 2.15. The van der Waals surface area contributed by atoms with Crippen molar-refractivity contribution in [2.45, 2.75) is 26.8 Å². The van der Waals surface area contributed by atoms with Gasteiger partial charge in [-0.25, -0.2) is 0 Å². The highest BCUT2D eigenvalue weighted by Crippen LogP contribution is 2.24. The van der Waals surface area contributed by atoms with Gasteiger partial charge in [0.05, 0.1) is 17.3 Å². The molecule has 88 valence electrons. The summed E-state index contributed by atoms with van der Waals surface area (Å²) in [6.45, 7) is 6.05. The molecular formula is C12H17ClN2O. The van der Waals surface area contributed by atoms with Crippen molar-refractivity contribution in [3.05, 3.63) is 28.8 Å². The molecule has 16 heavy (non-hydrogen) atoms. The highest BCUT2D eigenvalue weighted by atomic mass is 35.5. The maximum absolute atomic E-state index is 11.4. The smallest absolute Gasteiger partial charge is 0.239 e. The molecule has 0 aromatic heterocycles. The predicted octanol–water partition coefficient (Wildman–Crippen LogP) is 2.58. The Morgan fingerprint density at radius 3 is 2.69 bits per heavy atom. The van der Waals surface area contributed by atoms with Crippen LogP contribution in [0.5, 0.6) is 0 Å². The molecule has 0 spiro atoms. The number of hydrogen-bond acceptors (Lipinski definition) is 2. The van der Waals surface area contributed by atoms with Crippen LogP contribution in [0.2, 0.25) is 5.02 Å². The lowest BCUT2D eigenvalue weighted by molar-refractivity contribution is -0.119. The van der Waals surface area contributed by atoms with Gasteiger partial charge >= 0.3 is 0 Å². The molecule has 1 rings (SSSR count). The summed E-state index contributed by atoms with van der Waals surface area (Å²) >= 11 is 6.02. The number of benzene rings is 1. The Balaban J connectivity index is 2.58. The minimum absolute atomic E-state index is 0.0330. The van der Waals surface area contributed by atoms with Gasteiger partial charge < -0.3 is 10.6 Å². The standard InChI is InChI=1S/C12H17ClN2O/c1-8(2)15-11(16)7-14-12-9(3)5-4-6-10(12)13/h4-6,8,14H,7H2,1-3H3,(H,15,16). The number of aryl methyl sites for hydroxylation is 1. The van der Waals surface area contributed by atoms with Gasteiger partial charge in [-0.1, -0.05) is 23.7 Å². The third-order valence-electron chi connectivity index (χ3n) is 2.10. The Morgan fingerprint density at radius 2 is 2.12 bits per heavy atom. The molecule has 0 aliphatic rings. The van der Waals surface area contributed by atoms with Crippen LogP contribution in [0.15, 0.2) is 18.2 Å². The van der Waals surface area contributed by atoms with Crippen molar-refractivity contribution in [1.82, 2.24) is 5.32 Å². The summed E-state index contributed by atoms with van der Waals surface area (Å²) in [6, 6.07) is 5.80. The Kier molecular flexibility index (Phi) is 4.62. The second kappa shape index (κ2) is 5.75. The van der Waals surface area contributed by atoms with Gasteiger partial charge in [-0.2, -0.15) is 0 Å². The first-order valence-corrected chi connectivity index (χ1v) is 5.67. The molecule has 0 saturated carbocycles. The van der Waals surface area contributed by atoms with E-state index in [4.69, 9.17) is 11.6 Å². The zero-order chi connectivity index (χ0) is 12.1. The summed E-state index contributed by atoms with van der Waals surface area (Å²) in [5, 5.41) is 6.49. The van der Waals surface area contributed by atoms with Crippen LogP contribution >= 0.6 is 11.6 Å². The number of para-hydroxylation sites is 1. The molecule has 0 aliphatic heterocycles. The van der Waals surface area contributed by atoms with Crippen LogP contribution < -0.4 is 10.6 Å². The van der Waals surface area contributed by atoms with Crippen molar-refractivity contribution in [1.29, 1.82) is 0 Å². The van der Waals surface area contributed by atoms with Gasteiger partial charge in [-0.05, 0) is 32.4 Å². The molecule has 0 bridgehead atoms. The molecule has 2 N–H and O–H groups in total. The van der Waals surface area contributed by atoms with Gasteiger partial charge in [-0.15, -0.1) is 0 Å². The van der Waals surface area contributed by atoms with Crippen LogP contribution in [0.1, 0.15) is 19.4 Å². The summed E-state index contributed by atoms with van der Waals surface area (Å²) < 4.78 is 0. The molecule has 1 amide bonds. The number of carbonyl (C=O) groups excluding carboxylic acids is 1. The molecule has 0 atom stereocenters. The van der Waals surface area contributed by atoms with Crippen LogP contribution in [0.25, 0.3) is 0 Å². The van der Waals surface area contributed by atoms with Crippen LogP contribution in [-0.4, -0.2) is 18.5 Å². The first-order chi connectivity index (χ1) is 7.50. The normalized spacial score (nSPS) is 10.3. The Morgan fingerprint density at radius 1 is 1.44 bits per heavy atom. The van der Waals surface area contributed by atoms with Gasteiger partial charge in [-0.3, -0.25) is 4.79 Å². The first kappa shape index (κ1) is 12.8. The van der Waals surface area contributed by atoms with Crippen molar-refractivity contribution in [2.24, 2.45) is 0 Å². The van der Waals surface area contributed by atoms with Crippen molar-refractivity contribution in [3.8, 4) is 0 Å². The zero-order valence-corrected chi connectivity index (χ0v) is 10.6. The number of nitrogens with one attached hydrogen (secondary N) is 2. The van der Waals surface area contributed by atoms with Crippen LogP contribution in [-0.2, 0) is 4.79 Å². The average molecular weight is 241 g/mol. The molecule has 0 heterocycles. The summed E-state index contributed by atoms with van der Waals surface area (Å²) in [7, 11) is 0. The second-order valence-electron chi connectivity index (χ2n) is 4.01. The lowest BCUT2D eigenvalue weighted by Crippen LogP contribution is -2.34. The van der Waals surface area contributed by atoms with Crippen LogP contribution in [0.3, 0.4) is 0 Å². The number of anilines is 1. The lowest BCUT2D eigenvalue weighted by Gasteiger charge is -2.12. The number of carbonyl (C=O) groups is 1. The van der Waals surface area contributed by atoms with Gasteiger partial charge in [0.1, 0.15) is 0 Å². The summed E-state index contributed by atoms with van der Waals surface area (Å²) in [5.41, 5.74) is 1.85. The van der Waals surface area contributed by atoms with E-state index in [-0.39, 0.29) is 18.5 Å².